The third-order valence-electron chi connectivity index (χ3n) is 2.09. The van der Waals surface area contributed by atoms with Gasteiger partial charge < -0.3 is 18.9 Å². The fourth-order valence-corrected chi connectivity index (χ4v) is 1.37. The average Bonchev–Trinajstić information content (AvgIpc) is 2.47. The summed E-state index contributed by atoms with van der Waals surface area (Å²) in [5, 5.41) is 0. The summed E-state index contributed by atoms with van der Waals surface area (Å²) in [6, 6.07) is 5.77. The van der Waals surface area contributed by atoms with Crippen molar-refractivity contribution in [3.8, 4) is 5.75 Å². The zero-order valence-corrected chi connectivity index (χ0v) is 14.2. The van der Waals surface area contributed by atoms with E-state index in [9.17, 15) is 19.2 Å². The van der Waals surface area contributed by atoms with Crippen LogP contribution in [0.3, 0.4) is 0 Å². The number of para-hydroxylation sites is 1. The number of carbonyl (C=O) groups excluding carboxylic acids is 4. The summed E-state index contributed by atoms with van der Waals surface area (Å²) in [5.41, 5.74) is -0.0954. The molecule has 8 nitrogen and oxygen atoms in total. The third-order valence-corrected chi connectivity index (χ3v) is 2.09. The molecule has 1 aromatic rings. The third kappa shape index (κ3) is 7.92. The normalized spacial score (nSPS) is 9.25. The molecule has 0 amide bonds. The fraction of sp³-hybridized carbons (Fsp3) is 0.375. The maximum Gasteiger partial charge on any atom is 0.413 e. The van der Waals surface area contributed by atoms with Crippen LogP contribution >= 0.6 is 0 Å². The molecule has 0 aliphatic heterocycles. The Balaban J connectivity index is 0.00000254. The molecule has 0 saturated carbocycles. The number of hydrogen-bond acceptors (Lipinski definition) is 8. The van der Waals surface area contributed by atoms with Crippen molar-refractivity contribution in [3.63, 3.8) is 0 Å². The van der Waals surface area contributed by atoms with Crippen molar-refractivity contribution in [2.45, 2.75) is 41.1 Å². The summed E-state index contributed by atoms with van der Waals surface area (Å²) in [6.07, 6.45) is 0. The summed E-state index contributed by atoms with van der Waals surface area (Å²) in [6.45, 7) is 5.45. The van der Waals surface area contributed by atoms with E-state index in [1.807, 2.05) is 13.8 Å². The van der Waals surface area contributed by atoms with Gasteiger partial charge in [0.1, 0.15) is 11.3 Å². The fourth-order valence-electron chi connectivity index (χ4n) is 1.37. The van der Waals surface area contributed by atoms with Gasteiger partial charge in [0.05, 0.1) is 0 Å². The number of carbonyl (C=O) groups is 4. The first kappa shape index (κ1) is 21.1. The number of benzene rings is 1. The van der Waals surface area contributed by atoms with Gasteiger partial charge in [-0.3, -0.25) is 14.4 Å². The molecule has 24 heavy (non-hydrogen) atoms. The molecule has 132 valence electrons. The van der Waals surface area contributed by atoms with Crippen molar-refractivity contribution in [3.05, 3.63) is 29.8 Å². The van der Waals surface area contributed by atoms with Crippen molar-refractivity contribution in [2.75, 3.05) is 0 Å². The lowest BCUT2D eigenvalue weighted by molar-refractivity contribution is -0.242. The van der Waals surface area contributed by atoms with Crippen LogP contribution in [0.25, 0.3) is 0 Å². The van der Waals surface area contributed by atoms with Gasteiger partial charge in [0.2, 0.25) is 0 Å². The van der Waals surface area contributed by atoms with Gasteiger partial charge in [-0.2, -0.15) is 0 Å². The second kappa shape index (κ2) is 10.8. The molecule has 0 radical (unpaired) electrons. The van der Waals surface area contributed by atoms with E-state index in [0.717, 1.165) is 13.8 Å². The minimum atomic E-state index is -1.83. The second-order valence-corrected chi connectivity index (χ2v) is 4.00. The van der Waals surface area contributed by atoms with Crippen LogP contribution in [0.15, 0.2) is 24.3 Å². The lowest BCUT2D eigenvalue weighted by Gasteiger charge is -2.17. The number of ether oxygens (including phenoxy) is 4. The maximum atomic E-state index is 12.0. The lowest BCUT2D eigenvalue weighted by Crippen LogP contribution is -2.28. The van der Waals surface area contributed by atoms with Gasteiger partial charge in [-0.25, -0.2) is 4.79 Å². The summed E-state index contributed by atoms with van der Waals surface area (Å²) >= 11 is 0. The number of hydrogen-bond donors (Lipinski definition) is 0. The van der Waals surface area contributed by atoms with Gasteiger partial charge in [-0.15, -0.1) is 0 Å². The molecule has 0 atom stereocenters. The van der Waals surface area contributed by atoms with Gasteiger partial charge in [0, 0.05) is 20.8 Å². The van der Waals surface area contributed by atoms with E-state index in [0.29, 0.717) is 0 Å². The van der Waals surface area contributed by atoms with Gasteiger partial charge in [0.25, 0.3) is 0 Å². The first-order chi connectivity index (χ1) is 11.3. The molecule has 1 rings (SSSR count). The molecule has 0 spiro atoms. The standard InChI is InChI=1S/C14H14O8.C2H6/c1-8(15)19-12-7-5-4-6-11(12)13(18)22-14(20-9(2)16)21-10(3)17;1-2/h4-7,14H,1-3H3;1-2H3. The molecule has 0 fully saturated rings. The van der Waals surface area contributed by atoms with Crippen LogP contribution in [0.5, 0.6) is 5.75 Å². The molecule has 0 unspecified atom stereocenters. The van der Waals surface area contributed by atoms with Gasteiger partial charge in [-0.05, 0) is 12.1 Å². The molecule has 8 heteroatoms. The largest absolute Gasteiger partial charge is 0.426 e. The second-order valence-electron chi connectivity index (χ2n) is 4.00. The highest BCUT2D eigenvalue weighted by Crippen LogP contribution is 2.20. The Morgan fingerprint density at radius 2 is 1.29 bits per heavy atom. The molecule has 0 aliphatic rings. The van der Waals surface area contributed by atoms with E-state index < -0.39 is 30.4 Å². The summed E-state index contributed by atoms with van der Waals surface area (Å²) in [4.78, 5) is 44.8. The van der Waals surface area contributed by atoms with Gasteiger partial charge in [-0.1, -0.05) is 26.0 Å². The van der Waals surface area contributed by atoms with Crippen LogP contribution in [0.1, 0.15) is 45.0 Å². The predicted molar refractivity (Wildman–Crippen MR) is 81.8 cm³/mol. The molecule has 0 heterocycles. The quantitative estimate of drug-likeness (QED) is 0.456. The molecular weight excluding hydrogens is 320 g/mol. The lowest BCUT2D eigenvalue weighted by atomic mass is 10.2. The summed E-state index contributed by atoms with van der Waals surface area (Å²) < 4.78 is 18.7. The van der Waals surface area contributed by atoms with Crippen molar-refractivity contribution >= 4 is 23.9 Å². The van der Waals surface area contributed by atoms with E-state index in [2.05, 4.69) is 9.47 Å². The minimum Gasteiger partial charge on any atom is -0.426 e. The molecule has 0 saturated heterocycles. The van der Waals surface area contributed by atoms with Crippen molar-refractivity contribution in [1.29, 1.82) is 0 Å². The Kier molecular flexibility index (Phi) is 9.46. The van der Waals surface area contributed by atoms with Crippen LogP contribution in [-0.4, -0.2) is 30.4 Å². The Morgan fingerprint density at radius 3 is 1.75 bits per heavy atom. The monoisotopic (exact) mass is 340 g/mol. The minimum absolute atomic E-state index is 0.0376. The molecular formula is C16H20O8. The van der Waals surface area contributed by atoms with Crippen LogP contribution in [0, 0.1) is 0 Å². The van der Waals surface area contributed by atoms with Crippen LogP contribution < -0.4 is 4.74 Å². The van der Waals surface area contributed by atoms with Crippen LogP contribution in [0.4, 0.5) is 0 Å². The Morgan fingerprint density at radius 1 is 0.792 bits per heavy atom. The molecule has 0 aromatic heterocycles. The average molecular weight is 340 g/mol. The van der Waals surface area contributed by atoms with Crippen molar-refractivity contribution in [2.24, 2.45) is 0 Å². The topological polar surface area (TPSA) is 105 Å². The first-order valence-corrected chi connectivity index (χ1v) is 7.12. The highest BCUT2D eigenvalue weighted by atomic mass is 16.9. The molecule has 0 bridgehead atoms. The number of rotatable bonds is 5. The zero-order chi connectivity index (χ0) is 18.7. The smallest absolute Gasteiger partial charge is 0.413 e. The molecule has 0 N–H and O–H groups in total. The van der Waals surface area contributed by atoms with Gasteiger partial charge in [0.15, 0.2) is 0 Å². The Hall–Kier alpha value is -2.90. The summed E-state index contributed by atoms with van der Waals surface area (Å²) in [5.74, 6) is -3.29. The van der Waals surface area contributed by atoms with E-state index in [1.165, 1.54) is 25.1 Å². The predicted octanol–water partition coefficient (Wildman–Crippen LogP) is 2.20. The highest BCUT2D eigenvalue weighted by Gasteiger charge is 2.24. The van der Waals surface area contributed by atoms with Crippen molar-refractivity contribution in [1.82, 2.24) is 0 Å². The Labute approximate surface area is 139 Å². The highest BCUT2D eigenvalue weighted by molar-refractivity contribution is 5.93. The maximum absolute atomic E-state index is 12.0. The Bertz CT molecular complexity index is 577. The first-order valence-electron chi connectivity index (χ1n) is 7.12. The SMILES string of the molecule is CC.CC(=O)Oc1ccccc1C(=O)OC(OC(C)=O)OC(C)=O. The zero-order valence-electron chi connectivity index (χ0n) is 14.2. The summed E-state index contributed by atoms with van der Waals surface area (Å²) in [7, 11) is 0. The van der Waals surface area contributed by atoms with Gasteiger partial charge >= 0.3 is 30.4 Å². The van der Waals surface area contributed by atoms with E-state index >= 15 is 0 Å². The van der Waals surface area contributed by atoms with Crippen molar-refractivity contribution < 1.29 is 38.1 Å². The molecule has 0 aliphatic carbocycles. The number of esters is 4. The van der Waals surface area contributed by atoms with E-state index in [1.54, 1.807) is 6.07 Å². The molecule has 1 aromatic carbocycles. The van der Waals surface area contributed by atoms with E-state index in [4.69, 9.17) is 9.47 Å². The van der Waals surface area contributed by atoms with Crippen LogP contribution in [-0.2, 0) is 28.6 Å². The van der Waals surface area contributed by atoms with E-state index in [-0.39, 0.29) is 11.3 Å². The van der Waals surface area contributed by atoms with Crippen LogP contribution in [0.2, 0.25) is 0 Å².